The molecule has 0 aliphatic rings. The number of aryl methyl sites for hydroxylation is 1. The Hall–Kier alpha value is -2.66. The Morgan fingerprint density at radius 1 is 1.20 bits per heavy atom. The van der Waals surface area contributed by atoms with Crippen LogP contribution in [-0.4, -0.2) is 27.1 Å². The van der Waals surface area contributed by atoms with Crippen LogP contribution >= 0.6 is 0 Å². The van der Waals surface area contributed by atoms with Crippen molar-refractivity contribution in [2.24, 2.45) is 0 Å². The molecule has 25 heavy (non-hydrogen) atoms. The number of aliphatic hydroxyl groups excluding tert-OH is 1. The molecule has 1 heterocycles. The van der Waals surface area contributed by atoms with Crippen LogP contribution in [-0.2, 0) is 17.8 Å². The number of hydrogen-bond acceptors (Lipinski definition) is 3. The first-order valence-electron chi connectivity index (χ1n) is 8.50. The van der Waals surface area contributed by atoms with Crippen LogP contribution < -0.4 is 5.32 Å². The van der Waals surface area contributed by atoms with E-state index in [4.69, 9.17) is 0 Å². The van der Waals surface area contributed by atoms with E-state index in [-0.39, 0.29) is 12.5 Å². The molecule has 1 aromatic heterocycles. The third-order valence-corrected chi connectivity index (χ3v) is 4.34. The summed E-state index contributed by atoms with van der Waals surface area (Å²) >= 11 is 0. The summed E-state index contributed by atoms with van der Waals surface area (Å²) in [5, 5.41) is 12.9. The number of benzene rings is 2. The monoisotopic (exact) mass is 337 g/mol. The first kappa shape index (κ1) is 17.2. The Bertz CT molecular complexity index is 884. The standard InChI is InChI=1S/C20H23N3O2/c1-14-7-3-4-8-16(14)11-12-21-19(25)13-23-18-10-6-5-9-17(18)22-20(23)15(2)24/h3-10,15,24H,11-13H2,1-2H3,(H,21,25). The Labute approximate surface area is 147 Å². The van der Waals surface area contributed by atoms with Crippen molar-refractivity contribution in [3.05, 3.63) is 65.5 Å². The molecule has 3 aromatic rings. The van der Waals surface area contributed by atoms with Gasteiger partial charge in [-0.15, -0.1) is 0 Å². The van der Waals surface area contributed by atoms with E-state index in [0.717, 1.165) is 17.5 Å². The van der Waals surface area contributed by atoms with Crippen molar-refractivity contribution < 1.29 is 9.90 Å². The summed E-state index contributed by atoms with van der Waals surface area (Å²) in [4.78, 5) is 16.8. The molecule has 0 fully saturated rings. The molecule has 0 aliphatic heterocycles. The van der Waals surface area contributed by atoms with Crippen molar-refractivity contribution in [1.29, 1.82) is 0 Å². The lowest BCUT2D eigenvalue weighted by atomic mass is 10.1. The molecule has 0 saturated heterocycles. The van der Waals surface area contributed by atoms with E-state index in [1.807, 2.05) is 36.4 Å². The molecule has 1 atom stereocenters. The van der Waals surface area contributed by atoms with Crippen LogP contribution in [0.4, 0.5) is 0 Å². The number of imidazole rings is 1. The van der Waals surface area contributed by atoms with Gasteiger partial charge in [0.2, 0.25) is 5.91 Å². The number of para-hydroxylation sites is 2. The summed E-state index contributed by atoms with van der Waals surface area (Å²) in [6.45, 7) is 4.46. The number of amides is 1. The topological polar surface area (TPSA) is 67.2 Å². The zero-order valence-corrected chi connectivity index (χ0v) is 14.6. The fourth-order valence-electron chi connectivity index (χ4n) is 3.01. The smallest absolute Gasteiger partial charge is 0.240 e. The van der Waals surface area contributed by atoms with Gasteiger partial charge >= 0.3 is 0 Å². The van der Waals surface area contributed by atoms with Crippen molar-refractivity contribution in [1.82, 2.24) is 14.9 Å². The number of fused-ring (bicyclic) bond motifs is 1. The highest BCUT2D eigenvalue weighted by molar-refractivity contribution is 5.81. The quantitative estimate of drug-likeness (QED) is 0.727. The number of nitrogens with one attached hydrogen (secondary N) is 1. The maximum atomic E-state index is 12.4. The number of carbonyl (C=O) groups is 1. The van der Waals surface area contributed by atoms with Gasteiger partial charge in [0.1, 0.15) is 18.5 Å². The van der Waals surface area contributed by atoms with E-state index >= 15 is 0 Å². The van der Waals surface area contributed by atoms with Crippen molar-refractivity contribution in [3.63, 3.8) is 0 Å². The number of nitrogens with zero attached hydrogens (tertiary/aromatic N) is 2. The van der Waals surface area contributed by atoms with E-state index in [1.165, 1.54) is 11.1 Å². The SMILES string of the molecule is Cc1ccccc1CCNC(=O)Cn1c(C(C)O)nc2ccccc21. The van der Waals surface area contributed by atoms with E-state index in [2.05, 4.69) is 29.4 Å². The zero-order chi connectivity index (χ0) is 17.8. The molecule has 130 valence electrons. The van der Waals surface area contributed by atoms with Gasteiger partial charge in [-0.25, -0.2) is 4.98 Å². The Morgan fingerprint density at radius 2 is 1.92 bits per heavy atom. The Balaban J connectivity index is 1.68. The van der Waals surface area contributed by atoms with E-state index in [9.17, 15) is 9.90 Å². The third-order valence-electron chi connectivity index (χ3n) is 4.34. The first-order chi connectivity index (χ1) is 12.1. The minimum absolute atomic E-state index is 0.0846. The second-order valence-electron chi connectivity index (χ2n) is 6.25. The number of aliphatic hydroxyl groups is 1. The van der Waals surface area contributed by atoms with Crippen molar-refractivity contribution >= 4 is 16.9 Å². The van der Waals surface area contributed by atoms with Gasteiger partial charge in [-0.3, -0.25) is 4.79 Å². The maximum absolute atomic E-state index is 12.4. The molecule has 0 bridgehead atoms. The molecule has 1 amide bonds. The normalized spacial score (nSPS) is 12.3. The molecule has 5 nitrogen and oxygen atoms in total. The van der Waals surface area contributed by atoms with Crippen LogP contribution in [0.2, 0.25) is 0 Å². The van der Waals surface area contributed by atoms with Crippen LogP contribution in [0.25, 0.3) is 11.0 Å². The lowest BCUT2D eigenvalue weighted by molar-refractivity contribution is -0.121. The van der Waals surface area contributed by atoms with Gasteiger partial charge in [0.15, 0.2) is 0 Å². The van der Waals surface area contributed by atoms with Crippen LogP contribution in [0.3, 0.4) is 0 Å². The molecule has 0 aliphatic carbocycles. The second kappa shape index (κ2) is 7.49. The van der Waals surface area contributed by atoms with E-state index in [0.29, 0.717) is 12.4 Å². The van der Waals surface area contributed by atoms with Gasteiger partial charge in [-0.2, -0.15) is 0 Å². The van der Waals surface area contributed by atoms with Crippen molar-refractivity contribution in [3.8, 4) is 0 Å². The zero-order valence-electron chi connectivity index (χ0n) is 14.6. The predicted molar refractivity (Wildman–Crippen MR) is 98.3 cm³/mol. The van der Waals surface area contributed by atoms with Crippen molar-refractivity contribution in [2.45, 2.75) is 32.9 Å². The largest absolute Gasteiger partial charge is 0.385 e. The van der Waals surface area contributed by atoms with Crippen LogP contribution in [0.1, 0.15) is 30.0 Å². The highest BCUT2D eigenvalue weighted by Crippen LogP contribution is 2.20. The van der Waals surface area contributed by atoms with Crippen LogP contribution in [0.15, 0.2) is 48.5 Å². The molecule has 0 spiro atoms. The van der Waals surface area contributed by atoms with Gasteiger partial charge < -0.3 is 15.0 Å². The molecule has 3 rings (SSSR count). The average molecular weight is 337 g/mol. The number of carbonyl (C=O) groups excluding carboxylic acids is 1. The van der Waals surface area contributed by atoms with Gasteiger partial charge in [-0.05, 0) is 43.5 Å². The Kier molecular flexibility index (Phi) is 5.14. The second-order valence-corrected chi connectivity index (χ2v) is 6.25. The van der Waals surface area contributed by atoms with Gasteiger partial charge in [0.25, 0.3) is 0 Å². The first-order valence-corrected chi connectivity index (χ1v) is 8.50. The number of rotatable bonds is 6. The number of hydrogen-bond donors (Lipinski definition) is 2. The third kappa shape index (κ3) is 3.88. The van der Waals surface area contributed by atoms with Gasteiger partial charge in [0.05, 0.1) is 11.0 Å². The minimum atomic E-state index is -0.729. The summed E-state index contributed by atoms with van der Waals surface area (Å²) in [7, 11) is 0. The maximum Gasteiger partial charge on any atom is 0.240 e. The fourth-order valence-corrected chi connectivity index (χ4v) is 3.01. The molecule has 0 saturated carbocycles. The molecule has 0 radical (unpaired) electrons. The summed E-state index contributed by atoms with van der Waals surface area (Å²) < 4.78 is 1.78. The molecule has 1 unspecified atom stereocenters. The summed E-state index contributed by atoms with van der Waals surface area (Å²) in [6, 6.07) is 15.8. The van der Waals surface area contributed by atoms with Gasteiger partial charge in [-0.1, -0.05) is 36.4 Å². The number of aromatic nitrogens is 2. The highest BCUT2D eigenvalue weighted by atomic mass is 16.3. The summed E-state index contributed by atoms with van der Waals surface area (Å²) in [5.74, 6) is 0.425. The molecule has 5 heteroatoms. The minimum Gasteiger partial charge on any atom is -0.385 e. The molecular formula is C20H23N3O2. The van der Waals surface area contributed by atoms with Crippen LogP contribution in [0, 0.1) is 6.92 Å². The molecule has 2 N–H and O–H groups in total. The molecule has 2 aromatic carbocycles. The fraction of sp³-hybridized carbons (Fsp3) is 0.300. The van der Waals surface area contributed by atoms with Crippen molar-refractivity contribution in [2.75, 3.05) is 6.54 Å². The lowest BCUT2D eigenvalue weighted by Gasteiger charge is -2.12. The van der Waals surface area contributed by atoms with Gasteiger partial charge in [0, 0.05) is 6.54 Å². The van der Waals surface area contributed by atoms with Crippen LogP contribution in [0.5, 0.6) is 0 Å². The summed E-state index contributed by atoms with van der Waals surface area (Å²) in [5.41, 5.74) is 4.10. The van der Waals surface area contributed by atoms with E-state index in [1.54, 1.807) is 11.5 Å². The Morgan fingerprint density at radius 3 is 2.68 bits per heavy atom. The average Bonchev–Trinajstić information content (AvgIpc) is 2.96. The highest BCUT2D eigenvalue weighted by Gasteiger charge is 2.16. The lowest BCUT2D eigenvalue weighted by Crippen LogP contribution is -2.30. The molecular weight excluding hydrogens is 314 g/mol. The van der Waals surface area contributed by atoms with E-state index < -0.39 is 6.10 Å². The predicted octanol–water partition coefficient (Wildman–Crippen LogP) is 2.76. The summed E-state index contributed by atoms with van der Waals surface area (Å²) in [6.07, 6.45) is 0.0685.